The van der Waals surface area contributed by atoms with Gasteiger partial charge < -0.3 is 4.74 Å². The average Bonchev–Trinajstić information content (AvgIpc) is 2.68. The molecule has 0 saturated carbocycles. The fourth-order valence-corrected chi connectivity index (χ4v) is 3.39. The number of hydrogen-bond donors (Lipinski definition) is 0. The summed E-state index contributed by atoms with van der Waals surface area (Å²) in [4.78, 5) is 4.82. The summed E-state index contributed by atoms with van der Waals surface area (Å²) < 4.78 is 40.8. The summed E-state index contributed by atoms with van der Waals surface area (Å²) in [6, 6.07) is 24.2. The molecule has 0 N–H and O–H groups in total. The van der Waals surface area contributed by atoms with Crippen LogP contribution < -0.4 is 4.74 Å². The largest absolute Gasteiger partial charge is 0.573 e. The molecule has 4 rings (SSSR count). The molecular weight excluding hydrogens is 375 g/mol. The Morgan fingerprint density at radius 1 is 0.828 bits per heavy atom. The molecule has 0 spiro atoms. The Morgan fingerprint density at radius 2 is 1.59 bits per heavy atom. The second kappa shape index (κ2) is 7.59. The molecule has 146 valence electrons. The van der Waals surface area contributed by atoms with Crippen LogP contribution in [0.4, 0.5) is 13.2 Å². The van der Waals surface area contributed by atoms with Gasteiger partial charge in [-0.1, -0.05) is 48.5 Å². The summed E-state index contributed by atoms with van der Waals surface area (Å²) in [6.07, 6.45) is -4.08. The molecule has 0 atom stereocenters. The first-order valence-corrected chi connectivity index (χ1v) is 9.18. The Kier molecular flexibility index (Phi) is 4.97. The van der Waals surface area contributed by atoms with Crippen molar-refractivity contribution < 1.29 is 17.9 Å². The fourth-order valence-electron chi connectivity index (χ4n) is 3.39. The van der Waals surface area contributed by atoms with Crippen molar-refractivity contribution in [2.45, 2.75) is 19.7 Å². The zero-order valence-electron chi connectivity index (χ0n) is 15.7. The van der Waals surface area contributed by atoms with E-state index in [2.05, 4.69) is 16.9 Å². The van der Waals surface area contributed by atoms with Gasteiger partial charge in [-0.25, -0.2) is 4.98 Å². The van der Waals surface area contributed by atoms with E-state index in [-0.39, 0.29) is 5.75 Å². The molecule has 5 heteroatoms. The number of benzene rings is 3. The van der Waals surface area contributed by atoms with Crippen LogP contribution in [0.2, 0.25) is 0 Å². The lowest BCUT2D eigenvalue weighted by molar-refractivity contribution is -0.274. The number of alkyl halides is 3. The van der Waals surface area contributed by atoms with Crippen LogP contribution in [-0.4, -0.2) is 11.3 Å². The zero-order valence-corrected chi connectivity index (χ0v) is 15.7. The monoisotopic (exact) mass is 393 g/mol. The van der Waals surface area contributed by atoms with Gasteiger partial charge in [0.2, 0.25) is 0 Å². The van der Waals surface area contributed by atoms with Crippen molar-refractivity contribution >= 4 is 10.9 Å². The van der Waals surface area contributed by atoms with Crippen molar-refractivity contribution in [1.29, 1.82) is 0 Å². The average molecular weight is 393 g/mol. The van der Waals surface area contributed by atoms with Gasteiger partial charge in [-0.3, -0.25) is 0 Å². The molecule has 0 aliphatic heterocycles. The smallest absolute Gasteiger partial charge is 0.406 e. The predicted octanol–water partition coefficient (Wildman–Crippen LogP) is 6.70. The van der Waals surface area contributed by atoms with E-state index in [4.69, 9.17) is 4.98 Å². The van der Waals surface area contributed by atoms with Crippen LogP contribution in [0, 0.1) is 6.92 Å². The number of hydrogen-bond acceptors (Lipinski definition) is 2. The molecule has 0 radical (unpaired) electrons. The lowest BCUT2D eigenvalue weighted by Crippen LogP contribution is -2.17. The van der Waals surface area contributed by atoms with E-state index in [1.807, 2.05) is 49.4 Å². The number of para-hydroxylation sites is 1. The van der Waals surface area contributed by atoms with Crippen molar-refractivity contribution in [3.05, 3.63) is 95.6 Å². The van der Waals surface area contributed by atoms with Crippen LogP contribution in [0.25, 0.3) is 22.2 Å². The van der Waals surface area contributed by atoms with Gasteiger partial charge in [0.1, 0.15) is 5.75 Å². The number of fused-ring (bicyclic) bond motifs is 1. The van der Waals surface area contributed by atoms with E-state index in [9.17, 15) is 13.2 Å². The van der Waals surface area contributed by atoms with Crippen molar-refractivity contribution in [3.63, 3.8) is 0 Å². The lowest BCUT2D eigenvalue weighted by Gasteiger charge is -2.11. The molecule has 1 heterocycles. The third kappa shape index (κ3) is 4.57. The number of aryl methyl sites for hydroxylation is 1. The van der Waals surface area contributed by atoms with Crippen molar-refractivity contribution in [1.82, 2.24) is 4.98 Å². The van der Waals surface area contributed by atoms with Crippen LogP contribution in [0.3, 0.4) is 0 Å². The van der Waals surface area contributed by atoms with Crippen LogP contribution in [0.15, 0.2) is 78.9 Å². The highest BCUT2D eigenvalue weighted by Gasteiger charge is 2.30. The Morgan fingerprint density at radius 3 is 2.34 bits per heavy atom. The number of pyridine rings is 1. The third-order valence-electron chi connectivity index (χ3n) is 4.68. The van der Waals surface area contributed by atoms with E-state index in [1.165, 1.54) is 12.1 Å². The maximum atomic E-state index is 12.3. The molecule has 0 aliphatic carbocycles. The molecule has 0 fully saturated rings. The second-order valence-corrected chi connectivity index (χ2v) is 6.92. The van der Waals surface area contributed by atoms with Crippen LogP contribution in [-0.2, 0) is 6.42 Å². The maximum absolute atomic E-state index is 12.3. The van der Waals surface area contributed by atoms with Gasteiger partial charge in [-0.05, 0) is 60.4 Å². The van der Waals surface area contributed by atoms with Crippen LogP contribution in [0.5, 0.6) is 5.75 Å². The topological polar surface area (TPSA) is 22.1 Å². The number of halogens is 3. The van der Waals surface area contributed by atoms with Gasteiger partial charge in [-0.15, -0.1) is 13.2 Å². The van der Waals surface area contributed by atoms with E-state index in [0.29, 0.717) is 6.42 Å². The van der Waals surface area contributed by atoms with E-state index < -0.39 is 6.36 Å². The molecule has 1 aromatic heterocycles. The minimum atomic E-state index is -4.68. The molecule has 4 aromatic rings. The first kappa shape index (κ1) is 19.0. The first-order chi connectivity index (χ1) is 13.9. The number of aromatic nitrogens is 1. The number of rotatable bonds is 4. The SMILES string of the molecule is Cc1cc2ccccc2nc1-c1cccc(Cc2ccc(OC(F)(F)F)cc2)c1. The van der Waals surface area contributed by atoms with Gasteiger partial charge in [0.05, 0.1) is 11.2 Å². The highest BCUT2D eigenvalue weighted by atomic mass is 19.4. The molecule has 0 unspecified atom stereocenters. The molecule has 2 nitrogen and oxygen atoms in total. The van der Waals surface area contributed by atoms with E-state index in [0.717, 1.165) is 38.9 Å². The predicted molar refractivity (Wildman–Crippen MR) is 108 cm³/mol. The molecule has 0 amide bonds. The molecule has 0 bridgehead atoms. The van der Waals surface area contributed by atoms with Gasteiger partial charge in [-0.2, -0.15) is 0 Å². The third-order valence-corrected chi connectivity index (χ3v) is 4.68. The molecule has 29 heavy (non-hydrogen) atoms. The maximum Gasteiger partial charge on any atom is 0.573 e. The van der Waals surface area contributed by atoms with Gasteiger partial charge in [0.15, 0.2) is 0 Å². The fraction of sp³-hybridized carbons (Fsp3) is 0.125. The summed E-state index contributed by atoms with van der Waals surface area (Å²) in [6.45, 7) is 2.04. The zero-order chi connectivity index (χ0) is 20.4. The van der Waals surface area contributed by atoms with Crippen LogP contribution >= 0.6 is 0 Å². The van der Waals surface area contributed by atoms with E-state index >= 15 is 0 Å². The lowest BCUT2D eigenvalue weighted by atomic mass is 9.99. The van der Waals surface area contributed by atoms with Gasteiger partial charge in [0, 0.05) is 10.9 Å². The minimum Gasteiger partial charge on any atom is -0.406 e. The Bertz CT molecular complexity index is 1150. The van der Waals surface area contributed by atoms with Crippen molar-refractivity contribution in [2.24, 2.45) is 0 Å². The van der Waals surface area contributed by atoms with Crippen molar-refractivity contribution in [2.75, 3.05) is 0 Å². The van der Waals surface area contributed by atoms with E-state index in [1.54, 1.807) is 12.1 Å². The standard InChI is InChI=1S/C24H18F3NO/c1-16-13-19-6-2-3-8-22(19)28-23(16)20-7-4-5-18(15-20)14-17-9-11-21(12-10-17)29-24(25,26)27/h2-13,15H,14H2,1H3. The summed E-state index contributed by atoms with van der Waals surface area (Å²) in [7, 11) is 0. The Labute approximate surface area is 166 Å². The summed E-state index contributed by atoms with van der Waals surface area (Å²) in [5, 5.41) is 1.10. The van der Waals surface area contributed by atoms with Gasteiger partial charge in [0.25, 0.3) is 0 Å². The molecule has 0 aliphatic rings. The Balaban J connectivity index is 1.59. The minimum absolute atomic E-state index is 0.217. The quantitative estimate of drug-likeness (QED) is 0.385. The van der Waals surface area contributed by atoms with Gasteiger partial charge >= 0.3 is 6.36 Å². The summed E-state index contributed by atoms with van der Waals surface area (Å²) in [5.74, 6) is -0.217. The van der Waals surface area contributed by atoms with Crippen LogP contribution in [0.1, 0.15) is 16.7 Å². The second-order valence-electron chi connectivity index (χ2n) is 6.92. The number of nitrogens with zero attached hydrogens (tertiary/aromatic N) is 1. The molecular formula is C24H18F3NO. The molecule has 0 saturated heterocycles. The Hall–Kier alpha value is -3.34. The summed E-state index contributed by atoms with van der Waals surface area (Å²) in [5.41, 5.74) is 5.94. The summed E-state index contributed by atoms with van der Waals surface area (Å²) >= 11 is 0. The van der Waals surface area contributed by atoms with Crippen molar-refractivity contribution in [3.8, 4) is 17.0 Å². The highest BCUT2D eigenvalue weighted by molar-refractivity contribution is 5.83. The molecule has 3 aromatic carbocycles. The highest BCUT2D eigenvalue weighted by Crippen LogP contribution is 2.27. The normalized spacial score (nSPS) is 11.6. The number of ether oxygens (including phenoxy) is 1. The first-order valence-electron chi connectivity index (χ1n) is 9.18.